The zero-order valence-corrected chi connectivity index (χ0v) is 13.3. The molecule has 0 radical (unpaired) electrons. The first kappa shape index (κ1) is 16.6. The van der Waals surface area contributed by atoms with E-state index in [-0.39, 0.29) is 22.6 Å². The lowest BCUT2D eigenvalue weighted by Crippen LogP contribution is -2.24. The Kier molecular flexibility index (Phi) is 4.12. The summed E-state index contributed by atoms with van der Waals surface area (Å²) in [5.41, 5.74) is 0.432. The lowest BCUT2D eigenvalue weighted by molar-refractivity contribution is -0.144. The third-order valence-corrected chi connectivity index (χ3v) is 4.11. The predicted molar refractivity (Wildman–Crippen MR) is 83.9 cm³/mol. The van der Waals surface area contributed by atoms with Crippen molar-refractivity contribution in [2.45, 2.75) is 18.9 Å². The van der Waals surface area contributed by atoms with Crippen molar-refractivity contribution in [3.63, 3.8) is 0 Å². The van der Waals surface area contributed by atoms with Gasteiger partial charge in [0.15, 0.2) is 29.1 Å². The Morgan fingerprint density at radius 1 is 1.15 bits per heavy atom. The number of carbonyl (C=O) groups excluding carboxylic acids is 1. The summed E-state index contributed by atoms with van der Waals surface area (Å²) in [6, 6.07) is 6.15. The summed E-state index contributed by atoms with van der Waals surface area (Å²) in [5.74, 6) is -4.46. The molecule has 26 heavy (non-hydrogen) atoms. The van der Waals surface area contributed by atoms with E-state index in [9.17, 15) is 18.0 Å². The molecule has 5 nitrogen and oxygen atoms in total. The van der Waals surface area contributed by atoms with Crippen LogP contribution in [0.4, 0.5) is 13.2 Å². The lowest BCUT2D eigenvalue weighted by Gasteiger charge is -2.08. The van der Waals surface area contributed by atoms with Gasteiger partial charge in [0.25, 0.3) is 0 Å². The number of nitrogens with zero attached hydrogens (tertiary/aromatic N) is 1. The summed E-state index contributed by atoms with van der Waals surface area (Å²) in [6.07, 6.45) is 0.825. The van der Waals surface area contributed by atoms with Crippen LogP contribution in [0.2, 0.25) is 0 Å². The molecule has 134 valence electrons. The van der Waals surface area contributed by atoms with Gasteiger partial charge < -0.3 is 14.0 Å². The van der Waals surface area contributed by atoms with Crippen LogP contribution >= 0.6 is 0 Å². The lowest BCUT2D eigenvalue weighted by atomic mass is 10.1. The van der Waals surface area contributed by atoms with E-state index in [1.165, 1.54) is 12.1 Å². The molecule has 1 fully saturated rings. The molecule has 0 bridgehead atoms. The van der Waals surface area contributed by atoms with Crippen molar-refractivity contribution in [1.29, 1.82) is 0 Å². The number of carbonyl (C=O) groups is 1. The van der Waals surface area contributed by atoms with Crippen LogP contribution in [0.5, 0.6) is 5.75 Å². The van der Waals surface area contributed by atoms with Gasteiger partial charge in [-0.15, -0.1) is 0 Å². The van der Waals surface area contributed by atoms with Gasteiger partial charge >= 0.3 is 5.97 Å². The standard InChI is InChI=1S/C18H12F3NO4/c19-12-6-9(7-13(20)16(12)21)17-11-4-3-10(8-15(11)26-22-17)25-18(23)14-2-1-5-24-14/h3-4,6-8,14H,1-2,5H2. The van der Waals surface area contributed by atoms with E-state index in [4.69, 9.17) is 14.0 Å². The molecule has 8 heteroatoms. The van der Waals surface area contributed by atoms with E-state index in [1.807, 2.05) is 0 Å². The minimum absolute atomic E-state index is 0.0317. The Morgan fingerprint density at radius 2 is 1.92 bits per heavy atom. The summed E-state index contributed by atoms with van der Waals surface area (Å²) in [6.45, 7) is 0.523. The van der Waals surface area contributed by atoms with E-state index in [1.54, 1.807) is 6.07 Å². The van der Waals surface area contributed by atoms with Crippen molar-refractivity contribution in [2.24, 2.45) is 0 Å². The maximum Gasteiger partial charge on any atom is 0.340 e. The van der Waals surface area contributed by atoms with E-state index in [0.717, 1.165) is 18.6 Å². The van der Waals surface area contributed by atoms with Crippen molar-refractivity contribution in [1.82, 2.24) is 5.16 Å². The second kappa shape index (κ2) is 6.45. The van der Waals surface area contributed by atoms with Gasteiger partial charge in [0.1, 0.15) is 11.4 Å². The molecule has 3 aromatic rings. The Morgan fingerprint density at radius 3 is 2.62 bits per heavy atom. The van der Waals surface area contributed by atoms with Gasteiger partial charge in [-0.1, -0.05) is 5.16 Å². The molecule has 0 N–H and O–H groups in total. The van der Waals surface area contributed by atoms with Crippen molar-refractivity contribution < 1.29 is 32.0 Å². The number of ether oxygens (including phenoxy) is 2. The molecule has 0 amide bonds. The molecule has 1 aromatic heterocycles. The van der Waals surface area contributed by atoms with Crippen molar-refractivity contribution in [3.8, 4) is 17.0 Å². The highest BCUT2D eigenvalue weighted by Crippen LogP contribution is 2.32. The average Bonchev–Trinajstić information content (AvgIpc) is 3.28. The largest absolute Gasteiger partial charge is 0.424 e. The van der Waals surface area contributed by atoms with E-state index < -0.39 is 29.5 Å². The maximum absolute atomic E-state index is 13.4. The highest BCUT2D eigenvalue weighted by molar-refractivity contribution is 5.92. The van der Waals surface area contributed by atoms with Gasteiger partial charge in [0.2, 0.25) is 0 Å². The minimum atomic E-state index is -1.55. The maximum atomic E-state index is 13.4. The monoisotopic (exact) mass is 363 g/mol. The quantitative estimate of drug-likeness (QED) is 0.400. The van der Waals surface area contributed by atoms with Crippen LogP contribution in [0.25, 0.3) is 22.2 Å². The van der Waals surface area contributed by atoms with Gasteiger partial charge in [-0.2, -0.15) is 0 Å². The third-order valence-electron chi connectivity index (χ3n) is 4.11. The highest BCUT2D eigenvalue weighted by atomic mass is 19.2. The Labute approximate surface area is 145 Å². The second-order valence-electron chi connectivity index (χ2n) is 5.87. The number of hydrogen-bond acceptors (Lipinski definition) is 5. The number of rotatable bonds is 3. The van der Waals surface area contributed by atoms with E-state index in [2.05, 4.69) is 5.16 Å². The molecule has 1 unspecified atom stereocenters. The van der Waals surface area contributed by atoms with Gasteiger partial charge in [-0.3, -0.25) is 0 Å². The zero-order chi connectivity index (χ0) is 18.3. The zero-order valence-electron chi connectivity index (χ0n) is 13.3. The fourth-order valence-corrected chi connectivity index (χ4v) is 2.83. The minimum Gasteiger partial charge on any atom is -0.424 e. The van der Waals surface area contributed by atoms with Gasteiger partial charge in [0.05, 0.1) is 0 Å². The summed E-state index contributed by atoms with van der Waals surface area (Å²) >= 11 is 0. The molecule has 0 spiro atoms. The van der Waals surface area contributed by atoms with Crippen LogP contribution in [0.3, 0.4) is 0 Å². The summed E-state index contributed by atoms with van der Waals surface area (Å²) < 4.78 is 55.7. The highest BCUT2D eigenvalue weighted by Gasteiger charge is 2.26. The number of esters is 1. The first-order chi connectivity index (χ1) is 12.5. The first-order valence-electron chi connectivity index (χ1n) is 7.90. The molecule has 1 aliphatic rings. The molecule has 1 aliphatic heterocycles. The molecule has 1 saturated heterocycles. The summed E-state index contributed by atoms with van der Waals surface area (Å²) in [7, 11) is 0. The van der Waals surface area contributed by atoms with E-state index >= 15 is 0 Å². The Bertz CT molecular complexity index is 972. The van der Waals surface area contributed by atoms with Crippen molar-refractivity contribution in [2.75, 3.05) is 6.61 Å². The van der Waals surface area contributed by atoms with E-state index in [0.29, 0.717) is 18.4 Å². The van der Waals surface area contributed by atoms with Gasteiger partial charge in [0, 0.05) is 23.6 Å². The molecule has 4 rings (SSSR count). The molecule has 1 atom stereocenters. The van der Waals surface area contributed by atoms with Crippen LogP contribution in [0, 0.1) is 17.5 Å². The van der Waals surface area contributed by atoms with Crippen molar-refractivity contribution in [3.05, 3.63) is 47.8 Å². The van der Waals surface area contributed by atoms with Crippen molar-refractivity contribution >= 4 is 16.9 Å². The molecule has 2 heterocycles. The third kappa shape index (κ3) is 2.92. The summed E-state index contributed by atoms with van der Waals surface area (Å²) in [5, 5.41) is 4.22. The number of aromatic nitrogens is 1. The van der Waals surface area contributed by atoms with Crippen LogP contribution < -0.4 is 4.74 Å². The van der Waals surface area contributed by atoms with Gasteiger partial charge in [-0.05, 0) is 37.1 Å². The van der Waals surface area contributed by atoms with Gasteiger partial charge in [-0.25, -0.2) is 18.0 Å². The fraction of sp³-hybridized carbons (Fsp3) is 0.222. The molecule has 0 saturated carbocycles. The number of halogens is 3. The van der Waals surface area contributed by atoms with Crippen LogP contribution in [0.15, 0.2) is 34.9 Å². The second-order valence-corrected chi connectivity index (χ2v) is 5.87. The Hall–Kier alpha value is -2.87. The fourth-order valence-electron chi connectivity index (χ4n) is 2.83. The van der Waals surface area contributed by atoms with Crippen LogP contribution in [-0.2, 0) is 9.53 Å². The smallest absolute Gasteiger partial charge is 0.340 e. The number of benzene rings is 2. The molecule has 0 aliphatic carbocycles. The summed E-state index contributed by atoms with van der Waals surface area (Å²) in [4.78, 5) is 12.0. The Balaban J connectivity index is 1.64. The normalized spacial score (nSPS) is 17.0. The molecule has 2 aromatic carbocycles. The topological polar surface area (TPSA) is 61.6 Å². The number of fused-ring (bicyclic) bond motifs is 1. The predicted octanol–water partition coefficient (Wildman–Crippen LogP) is 4.00. The molecular weight excluding hydrogens is 351 g/mol. The van der Waals surface area contributed by atoms with Crippen LogP contribution in [0.1, 0.15) is 12.8 Å². The number of hydrogen-bond donors (Lipinski definition) is 0. The first-order valence-corrected chi connectivity index (χ1v) is 7.90. The SMILES string of the molecule is O=C(Oc1ccc2c(-c3cc(F)c(F)c(F)c3)noc2c1)C1CCCO1. The van der Waals surface area contributed by atoms with Crippen LogP contribution in [-0.4, -0.2) is 23.8 Å². The molecular formula is C18H12F3NO4. The average molecular weight is 363 g/mol.